The zero-order valence-electron chi connectivity index (χ0n) is 16.6. The summed E-state index contributed by atoms with van der Waals surface area (Å²) in [5, 5.41) is 4.19. The van der Waals surface area contributed by atoms with Crippen molar-refractivity contribution in [2.75, 3.05) is 11.4 Å². The van der Waals surface area contributed by atoms with Crippen LogP contribution >= 0.6 is 11.8 Å². The molecule has 6 heteroatoms. The largest absolute Gasteiger partial charge is 0.334 e. The molecule has 3 aromatic carbocycles. The van der Waals surface area contributed by atoms with Gasteiger partial charge in [0, 0.05) is 27.5 Å². The van der Waals surface area contributed by atoms with Gasteiger partial charge in [-0.2, -0.15) is 4.98 Å². The molecular formula is C24H19N3O2S. The molecule has 0 spiro atoms. The van der Waals surface area contributed by atoms with Crippen LogP contribution in [-0.4, -0.2) is 22.6 Å². The van der Waals surface area contributed by atoms with Gasteiger partial charge < -0.3 is 9.42 Å². The number of nitrogens with zero attached hydrogens (tertiary/aromatic N) is 3. The van der Waals surface area contributed by atoms with Crippen LogP contribution in [0.3, 0.4) is 0 Å². The van der Waals surface area contributed by atoms with Crippen LogP contribution in [0.2, 0.25) is 0 Å². The smallest absolute Gasteiger partial charge is 0.259 e. The summed E-state index contributed by atoms with van der Waals surface area (Å²) in [4.78, 5) is 21.4. The number of carbonyl (C=O) groups is 1. The van der Waals surface area contributed by atoms with Crippen LogP contribution in [-0.2, 0) is 0 Å². The summed E-state index contributed by atoms with van der Waals surface area (Å²) in [7, 11) is 0. The fraction of sp³-hybridized carbons (Fsp3) is 0.125. The number of hydrogen-bond acceptors (Lipinski definition) is 5. The third-order valence-corrected chi connectivity index (χ3v) is 6.22. The Kier molecular flexibility index (Phi) is 4.64. The predicted octanol–water partition coefficient (Wildman–Crippen LogP) is 5.84. The van der Waals surface area contributed by atoms with E-state index >= 15 is 0 Å². The van der Waals surface area contributed by atoms with Crippen LogP contribution in [0, 0.1) is 6.92 Å². The quantitative estimate of drug-likeness (QED) is 0.422. The van der Waals surface area contributed by atoms with Crippen molar-refractivity contribution < 1.29 is 9.32 Å². The molecule has 0 radical (unpaired) electrons. The van der Waals surface area contributed by atoms with Gasteiger partial charge in [0.25, 0.3) is 11.8 Å². The maximum Gasteiger partial charge on any atom is 0.259 e. The van der Waals surface area contributed by atoms with Crippen LogP contribution in [0.5, 0.6) is 0 Å². The molecule has 2 heterocycles. The van der Waals surface area contributed by atoms with E-state index in [-0.39, 0.29) is 5.91 Å². The molecule has 0 atom stereocenters. The Balaban J connectivity index is 1.57. The first-order valence-electron chi connectivity index (χ1n) is 9.78. The second-order valence-electron chi connectivity index (χ2n) is 7.12. The zero-order chi connectivity index (χ0) is 20.7. The van der Waals surface area contributed by atoms with Crippen molar-refractivity contribution in [3.05, 3.63) is 77.9 Å². The Hall–Kier alpha value is -3.38. The standard InChI is InChI=1S/C24H19N3O2S/c1-3-27-19-12-11-16(14-21(19)30-20-10-5-4-9-18(20)24(27)28)22-25-23(29-26-22)17-8-6-7-15(2)13-17/h4-14H,3H2,1-2H3. The maximum atomic E-state index is 13.0. The lowest BCUT2D eigenvalue weighted by atomic mass is 10.1. The number of hydrogen-bond donors (Lipinski definition) is 0. The lowest BCUT2D eigenvalue weighted by molar-refractivity contribution is 0.0985. The molecule has 0 unspecified atom stereocenters. The van der Waals surface area contributed by atoms with Crippen molar-refractivity contribution in [1.29, 1.82) is 0 Å². The summed E-state index contributed by atoms with van der Waals surface area (Å²) in [6.45, 7) is 4.62. The second kappa shape index (κ2) is 7.46. The van der Waals surface area contributed by atoms with Gasteiger partial charge in [0.2, 0.25) is 5.82 Å². The van der Waals surface area contributed by atoms with Crippen LogP contribution in [0.15, 0.2) is 81.0 Å². The molecular weight excluding hydrogens is 394 g/mol. The molecule has 1 aliphatic heterocycles. The van der Waals surface area contributed by atoms with Crippen LogP contribution in [0.25, 0.3) is 22.8 Å². The van der Waals surface area contributed by atoms with Crippen molar-refractivity contribution in [2.24, 2.45) is 0 Å². The van der Waals surface area contributed by atoms with Crippen molar-refractivity contribution in [3.63, 3.8) is 0 Å². The topological polar surface area (TPSA) is 59.2 Å². The van der Waals surface area contributed by atoms with Crippen molar-refractivity contribution in [2.45, 2.75) is 23.6 Å². The van der Waals surface area contributed by atoms with Gasteiger partial charge in [0.05, 0.1) is 11.3 Å². The number of amides is 1. The highest BCUT2D eigenvalue weighted by molar-refractivity contribution is 7.99. The molecule has 30 heavy (non-hydrogen) atoms. The first-order chi connectivity index (χ1) is 14.6. The highest BCUT2D eigenvalue weighted by Crippen LogP contribution is 2.42. The van der Waals surface area contributed by atoms with Gasteiger partial charge in [-0.15, -0.1) is 0 Å². The summed E-state index contributed by atoms with van der Waals surface area (Å²) < 4.78 is 5.51. The van der Waals surface area contributed by atoms with E-state index in [0.29, 0.717) is 18.3 Å². The SMILES string of the molecule is CCN1C(=O)c2ccccc2Sc2cc(-c3noc(-c4cccc(C)c4)n3)ccc21. The lowest BCUT2D eigenvalue weighted by Gasteiger charge is -2.21. The molecule has 1 amide bonds. The third-order valence-electron chi connectivity index (χ3n) is 5.10. The minimum absolute atomic E-state index is 0.0217. The third kappa shape index (κ3) is 3.19. The first-order valence-corrected chi connectivity index (χ1v) is 10.6. The summed E-state index contributed by atoms with van der Waals surface area (Å²) in [5.74, 6) is 1.04. The van der Waals surface area contributed by atoms with Crippen molar-refractivity contribution >= 4 is 23.4 Å². The van der Waals surface area contributed by atoms with Gasteiger partial charge in [0.1, 0.15) is 0 Å². The van der Waals surface area contributed by atoms with E-state index in [0.717, 1.165) is 37.7 Å². The average Bonchev–Trinajstić information content (AvgIpc) is 3.22. The molecule has 0 N–H and O–H groups in total. The maximum absolute atomic E-state index is 13.0. The van der Waals surface area contributed by atoms with E-state index < -0.39 is 0 Å². The lowest BCUT2D eigenvalue weighted by Crippen LogP contribution is -2.30. The van der Waals surface area contributed by atoms with Crippen LogP contribution in [0.1, 0.15) is 22.8 Å². The number of carbonyl (C=O) groups excluding carboxylic acids is 1. The Bertz CT molecular complexity index is 1260. The number of anilines is 1. The minimum atomic E-state index is 0.0217. The monoisotopic (exact) mass is 413 g/mol. The van der Waals surface area contributed by atoms with E-state index in [4.69, 9.17) is 4.52 Å². The van der Waals surface area contributed by atoms with E-state index in [1.807, 2.05) is 85.5 Å². The number of fused-ring (bicyclic) bond motifs is 2. The normalized spacial score (nSPS) is 13.0. The van der Waals surface area contributed by atoms with Gasteiger partial charge in [0.15, 0.2) is 0 Å². The Morgan fingerprint density at radius 3 is 2.67 bits per heavy atom. The van der Waals surface area contributed by atoms with E-state index in [1.165, 1.54) is 0 Å². The van der Waals surface area contributed by atoms with E-state index in [9.17, 15) is 4.79 Å². The predicted molar refractivity (Wildman–Crippen MR) is 118 cm³/mol. The molecule has 1 aromatic heterocycles. The van der Waals surface area contributed by atoms with E-state index in [1.54, 1.807) is 11.8 Å². The van der Waals surface area contributed by atoms with E-state index in [2.05, 4.69) is 10.1 Å². The molecule has 148 valence electrons. The molecule has 0 saturated carbocycles. The molecule has 0 fully saturated rings. The fourth-order valence-corrected chi connectivity index (χ4v) is 4.73. The van der Waals surface area contributed by atoms with Crippen molar-refractivity contribution in [1.82, 2.24) is 10.1 Å². The first kappa shape index (κ1) is 18.6. The molecule has 0 bridgehead atoms. The molecule has 0 aliphatic carbocycles. The van der Waals surface area contributed by atoms with Gasteiger partial charge in [-0.25, -0.2) is 0 Å². The van der Waals surface area contributed by atoms with Gasteiger partial charge >= 0.3 is 0 Å². The minimum Gasteiger partial charge on any atom is -0.334 e. The van der Waals surface area contributed by atoms with Crippen molar-refractivity contribution in [3.8, 4) is 22.8 Å². The Labute approximate surface area is 178 Å². The number of rotatable bonds is 3. The van der Waals surface area contributed by atoms with Gasteiger partial charge in [-0.05, 0) is 56.3 Å². The molecule has 0 saturated heterocycles. The fourth-order valence-electron chi connectivity index (χ4n) is 3.61. The Morgan fingerprint density at radius 1 is 0.967 bits per heavy atom. The molecule has 5 nitrogen and oxygen atoms in total. The average molecular weight is 414 g/mol. The number of benzene rings is 3. The summed E-state index contributed by atoms with van der Waals surface area (Å²) in [5.41, 5.74) is 4.51. The second-order valence-corrected chi connectivity index (χ2v) is 8.21. The summed E-state index contributed by atoms with van der Waals surface area (Å²) in [6, 6.07) is 21.6. The van der Waals surface area contributed by atoms with Crippen LogP contribution < -0.4 is 4.90 Å². The highest BCUT2D eigenvalue weighted by atomic mass is 32.2. The molecule has 5 rings (SSSR count). The van der Waals surface area contributed by atoms with Gasteiger partial charge in [-0.1, -0.05) is 46.7 Å². The van der Waals surface area contributed by atoms with Gasteiger partial charge in [-0.3, -0.25) is 4.79 Å². The number of aromatic nitrogens is 2. The molecule has 1 aliphatic rings. The Morgan fingerprint density at radius 2 is 1.83 bits per heavy atom. The highest BCUT2D eigenvalue weighted by Gasteiger charge is 2.26. The molecule has 4 aromatic rings. The van der Waals surface area contributed by atoms with Crippen LogP contribution in [0.4, 0.5) is 5.69 Å². The summed E-state index contributed by atoms with van der Waals surface area (Å²) >= 11 is 1.59. The number of aryl methyl sites for hydroxylation is 1. The summed E-state index contributed by atoms with van der Waals surface area (Å²) in [6.07, 6.45) is 0. The zero-order valence-corrected chi connectivity index (χ0v) is 17.4.